The van der Waals surface area contributed by atoms with Crippen molar-refractivity contribution in [3.05, 3.63) is 65.2 Å². The van der Waals surface area contributed by atoms with E-state index >= 15 is 0 Å². The van der Waals surface area contributed by atoms with E-state index < -0.39 is 5.97 Å². The monoisotopic (exact) mass is 284 g/mol. The summed E-state index contributed by atoms with van der Waals surface area (Å²) in [5, 5.41) is 18.6. The first kappa shape index (κ1) is 15.1. The third-order valence-corrected chi connectivity index (χ3v) is 3.68. The van der Waals surface area contributed by atoms with Gasteiger partial charge in [-0.3, -0.25) is 0 Å². The van der Waals surface area contributed by atoms with Crippen LogP contribution in [-0.4, -0.2) is 16.2 Å². The van der Waals surface area contributed by atoms with Crippen LogP contribution in [0.5, 0.6) is 5.75 Å². The molecule has 0 heterocycles. The van der Waals surface area contributed by atoms with Gasteiger partial charge in [0, 0.05) is 5.92 Å². The van der Waals surface area contributed by atoms with Gasteiger partial charge in [-0.25, -0.2) is 4.79 Å². The first-order valence-electron chi connectivity index (χ1n) is 7.24. The first-order valence-corrected chi connectivity index (χ1v) is 7.24. The van der Waals surface area contributed by atoms with Crippen LogP contribution >= 0.6 is 0 Å². The SMILES string of the molecule is CCCCC(c1ccc(O)cc1)c1cccc(C(=O)O)c1. The standard InChI is InChI=1S/C18H20O3/c1-2-3-7-17(13-8-10-16(19)11-9-13)14-5-4-6-15(12-14)18(20)21/h4-6,8-12,17,19H,2-3,7H2,1H3,(H,20,21). The Labute approximate surface area is 124 Å². The molecule has 0 aliphatic heterocycles. The molecule has 21 heavy (non-hydrogen) atoms. The Morgan fingerprint density at radius 1 is 1.10 bits per heavy atom. The van der Waals surface area contributed by atoms with E-state index in [0.29, 0.717) is 5.56 Å². The van der Waals surface area contributed by atoms with Crippen LogP contribution in [0.15, 0.2) is 48.5 Å². The second-order valence-electron chi connectivity index (χ2n) is 5.22. The number of unbranched alkanes of at least 4 members (excludes halogenated alkanes) is 1. The van der Waals surface area contributed by atoms with Gasteiger partial charge in [-0.15, -0.1) is 0 Å². The maximum atomic E-state index is 11.1. The second kappa shape index (κ2) is 6.93. The number of carbonyl (C=O) groups is 1. The van der Waals surface area contributed by atoms with Crippen LogP contribution in [0.2, 0.25) is 0 Å². The van der Waals surface area contributed by atoms with Gasteiger partial charge in [0.25, 0.3) is 0 Å². The molecule has 2 aromatic carbocycles. The molecule has 2 aromatic rings. The minimum absolute atomic E-state index is 0.157. The number of phenolic OH excluding ortho intramolecular Hbond substituents is 1. The summed E-state index contributed by atoms with van der Waals surface area (Å²) in [6.45, 7) is 2.14. The molecular formula is C18H20O3. The summed E-state index contributed by atoms with van der Waals surface area (Å²) in [6.07, 6.45) is 3.13. The maximum Gasteiger partial charge on any atom is 0.335 e. The summed E-state index contributed by atoms with van der Waals surface area (Å²) >= 11 is 0. The molecule has 3 heteroatoms. The highest BCUT2D eigenvalue weighted by Crippen LogP contribution is 2.31. The summed E-state index contributed by atoms with van der Waals surface area (Å²) < 4.78 is 0. The minimum Gasteiger partial charge on any atom is -0.508 e. The molecule has 0 amide bonds. The summed E-state index contributed by atoms with van der Waals surface area (Å²) in [6, 6.07) is 14.3. The van der Waals surface area contributed by atoms with Crippen LogP contribution < -0.4 is 0 Å². The molecule has 0 fully saturated rings. The molecule has 0 aliphatic rings. The number of hydrogen-bond donors (Lipinski definition) is 2. The Hall–Kier alpha value is -2.29. The van der Waals surface area contributed by atoms with Crippen molar-refractivity contribution >= 4 is 5.97 Å². The van der Waals surface area contributed by atoms with Crippen molar-refractivity contribution in [2.75, 3.05) is 0 Å². The predicted molar refractivity (Wildman–Crippen MR) is 82.9 cm³/mol. The lowest BCUT2D eigenvalue weighted by Crippen LogP contribution is -2.04. The van der Waals surface area contributed by atoms with Gasteiger partial charge in [0.05, 0.1) is 5.56 Å². The molecule has 0 bridgehead atoms. The molecule has 1 atom stereocenters. The molecule has 0 aliphatic carbocycles. The summed E-state index contributed by atoms with van der Waals surface area (Å²) in [4.78, 5) is 11.1. The first-order chi connectivity index (χ1) is 10.1. The molecule has 3 nitrogen and oxygen atoms in total. The fourth-order valence-corrected chi connectivity index (χ4v) is 2.53. The van der Waals surface area contributed by atoms with Crippen molar-refractivity contribution in [1.29, 1.82) is 0 Å². The molecule has 0 saturated heterocycles. The molecule has 0 spiro atoms. The molecule has 2 N–H and O–H groups in total. The highest BCUT2D eigenvalue weighted by atomic mass is 16.4. The Balaban J connectivity index is 2.37. The van der Waals surface area contributed by atoms with Crippen LogP contribution in [0.3, 0.4) is 0 Å². The fraction of sp³-hybridized carbons (Fsp3) is 0.278. The number of benzene rings is 2. The molecular weight excluding hydrogens is 264 g/mol. The van der Waals surface area contributed by atoms with Crippen molar-refractivity contribution < 1.29 is 15.0 Å². The maximum absolute atomic E-state index is 11.1. The zero-order chi connectivity index (χ0) is 15.2. The van der Waals surface area contributed by atoms with Gasteiger partial charge < -0.3 is 10.2 Å². The highest BCUT2D eigenvalue weighted by molar-refractivity contribution is 5.87. The van der Waals surface area contributed by atoms with E-state index in [1.165, 1.54) is 0 Å². The van der Waals surface area contributed by atoms with E-state index in [1.807, 2.05) is 18.2 Å². The topological polar surface area (TPSA) is 57.5 Å². The predicted octanol–water partition coefficient (Wildman–Crippen LogP) is 4.41. The number of hydrogen-bond acceptors (Lipinski definition) is 2. The van der Waals surface area contributed by atoms with Crippen molar-refractivity contribution in [3.8, 4) is 5.75 Å². The van der Waals surface area contributed by atoms with Gasteiger partial charge in [-0.05, 0) is 41.8 Å². The quantitative estimate of drug-likeness (QED) is 0.826. The number of carboxylic acid groups (broad SMARTS) is 1. The average Bonchev–Trinajstić information content (AvgIpc) is 2.49. The lowest BCUT2D eigenvalue weighted by molar-refractivity contribution is 0.0696. The van der Waals surface area contributed by atoms with Gasteiger partial charge in [0.1, 0.15) is 5.75 Å². The lowest BCUT2D eigenvalue weighted by Gasteiger charge is -2.18. The molecule has 0 aromatic heterocycles. The molecule has 0 radical (unpaired) electrons. The van der Waals surface area contributed by atoms with Crippen LogP contribution in [0, 0.1) is 0 Å². The van der Waals surface area contributed by atoms with E-state index in [2.05, 4.69) is 6.92 Å². The fourth-order valence-electron chi connectivity index (χ4n) is 2.53. The van der Waals surface area contributed by atoms with Crippen LogP contribution in [0.1, 0.15) is 53.6 Å². The van der Waals surface area contributed by atoms with Gasteiger partial charge in [-0.2, -0.15) is 0 Å². The van der Waals surface area contributed by atoms with E-state index in [9.17, 15) is 9.90 Å². The summed E-state index contributed by atoms with van der Waals surface area (Å²) in [7, 11) is 0. The van der Waals surface area contributed by atoms with Gasteiger partial charge in [-0.1, -0.05) is 44.0 Å². The molecule has 0 saturated carbocycles. The van der Waals surface area contributed by atoms with Crippen LogP contribution in [0.25, 0.3) is 0 Å². The summed E-state index contributed by atoms with van der Waals surface area (Å²) in [5.74, 6) is -0.506. The number of carboxylic acids is 1. The zero-order valence-corrected chi connectivity index (χ0v) is 12.1. The van der Waals surface area contributed by atoms with Crippen molar-refractivity contribution in [3.63, 3.8) is 0 Å². The third kappa shape index (κ3) is 3.85. The van der Waals surface area contributed by atoms with E-state index in [1.54, 1.807) is 30.3 Å². The molecule has 2 rings (SSSR count). The van der Waals surface area contributed by atoms with Gasteiger partial charge in [0.15, 0.2) is 0 Å². The number of aromatic hydroxyl groups is 1. The number of phenols is 1. The van der Waals surface area contributed by atoms with Crippen LogP contribution in [-0.2, 0) is 0 Å². The van der Waals surface area contributed by atoms with Crippen molar-refractivity contribution in [2.45, 2.75) is 32.1 Å². The van der Waals surface area contributed by atoms with Gasteiger partial charge >= 0.3 is 5.97 Å². The average molecular weight is 284 g/mol. The Kier molecular flexibility index (Phi) is 4.99. The Morgan fingerprint density at radius 2 is 1.81 bits per heavy atom. The molecule has 1 unspecified atom stereocenters. The Morgan fingerprint density at radius 3 is 2.43 bits per heavy atom. The zero-order valence-electron chi connectivity index (χ0n) is 12.1. The smallest absolute Gasteiger partial charge is 0.335 e. The number of rotatable bonds is 6. The van der Waals surface area contributed by atoms with Crippen LogP contribution in [0.4, 0.5) is 0 Å². The van der Waals surface area contributed by atoms with E-state index in [0.717, 1.165) is 30.4 Å². The second-order valence-corrected chi connectivity index (χ2v) is 5.22. The minimum atomic E-state index is -0.906. The highest BCUT2D eigenvalue weighted by Gasteiger charge is 2.15. The van der Waals surface area contributed by atoms with Crippen molar-refractivity contribution in [1.82, 2.24) is 0 Å². The summed E-state index contributed by atoms with van der Waals surface area (Å²) in [5.41, 5.74) is 2.42. The Bertz CT molecular complexity index is 602. The normalized spacial score (nSPS) is 12.0. The van der Waals surface area contributed by atoms with E-state index in [-0.39, 0.29) is 11.7 Å². The number of aromatic carboxylic acids is 1. The molecule has 110 valence electrons. The lowest BCUT2D eigenvalue weighted by atomic mass is 9.86. The van der Waals surface area contributed by atoms with Gasteiger partial charge in [0.2, 0.25) is 0 Å². The third-order valence-electron chi connectivity index (χ3n) is 3.68. The van der Waals surface area contributed by atoms with Crippen molar-refractivity contribution in [2.24, 2.45) is 0 Å². The van der Waals surface area contributed by atoms with E-state index in [4.69, 9.17) is 5.11 Å². The largest absolute Gasteiger partial charge is 0.508 e.